The monoisotopic (exact) mass is 512 g/mol. The van der Waals surface area contributed by atoms with E-state index in [0.717, 1.165) is 42.8 Å². The second-order valence-corrected chi connectivity index (χ2v) is 9.19. The molecule has 8 nitrogen and oxygen atoms in total. The maximum absolute atomic E-state index is 13.1. The van der Waals surface area contributed by atoms with E-state index in [9.17, 15) is 4.79 Å². The van der Waals surface area contributed by atoms with Crippen LogP contribution in [0.5, 0.6) is 17.4 Å². The average Bonchev–Trinajstić information content (AvgIpc) is 3.51. The molecule has 1 fully saturated rings. The SMILES string of the molecule is CCCNC(=O)N(Cc1c(C)nn(-c2ccc(Cl)cc2)c1Oc1ccccc1OC)CC1CCCO1. The smallest absolute Gasteiger partial charge is 0.317 e. The first kappa shape index (κ1) is 25.9. The highest BCUT2D eigenvalue weighted by molar-refractivity contribution is 6.30. The number of halogens is 1. The minimum Gasteiger partial charge on any atom is -0.493 e. The topological polar surface area (TPSA) is 77.9 Å². The zero-order valence-electron chi connectivity index (χ0n) is 21.0. The highest BCUT2D eigenvalue weighted by atomic mass is 35.5. The molecule has 0 bridgehead atoms. The summed E-state index contributed by atoms with van der Waals surface area (Å²) in [5.41, 5.74) is 2.36. The highest BCUT2D eigenvalue weighted by Crippen LogP contribution is 2.36. The predicted octanol–water partition coefficient (Wildman–Crippen LogP) is 5.74. The van der Waals surface area contributed by atoms with Gasteiger partial charge in [-0.25, -0.2) is 9.48 Å². The van der Waals surface area contributed by atoms with Gasteiger partial charge in [-0.05, 0) is 62.6 Å². The fourth-order valence-electron chi connectivity index (χ4n) is 4.18. The molecule has 2 amide bonds. The molecule has 3 aromatic rings. The standard InChI is InChI=1S/C27H33ClN4O4/c1-4-15-29-27(33)31(17-22-8-7-16-35-22)18-23-19(2)30-32(21-13-11-20(28)12-14-21)26(23)36-25-10-6-5-9-24(25)34-3/h5-6,9-14,22H,4,7-8,15-18H2,1-3H3,(H,29,33). The van der Waals surface area contributed by atoms with Gasteiger partial charge in [0.25, 0.3) is 0 Å². The second kappa shape index (κ2) is 12.1. The summed E-state index contributed by atoms with van der Waals surface area (Å²) in [7, 11) is 1.60. The van der Waals surface area contributed by atoms with E-state index in [4.69, 9.17) is 30.9 Å². The Morgan fingerprint density at radius 1 is 1.22 bits per heavy atom. The van der Waals surface area contributed by atoms with Gasteiger partial charge in [-0.15, -0.1) is 0 Å². The van der Waals surface area contributed by atoms with Crippen molar-refractivity contribution in [3.8, 4) is 23.1 Å². The molecule has 9 heteroatoms. The summed E-state index contributed by atoms with van der Waals surface area (Å²) in [4.78, 5) is 14.9. The van der Waals surface area contributed by atoms with Crippen LogP contribution in [0.4, 0.5) is 4.79 Å². The third-order valence-electron chi connectivity index (χ3n) is 6.09. The van der Waals surface area contributed by atoms with Crippen molar-refractivity contribution in [2.75, 3.05) is 26.8 Å². The van der Waals surface area contributed by atoms with Gasteiger partial charge in [0, 0.05) is 24.7 Å². The van der Waals surface area contributed by atoms with Crippen LogP contribution in [-0.2, 0) is 11.3 Å². The maximum Gasteiger partial charge on any atom is 0.317 e. The molecule has 1 atom stereocenters. The van der Waals surface area contributed by atoms with E-state index >= 15 is 0 Å². The molecular weight excluding hydrogens is 480 g/mol. The lowest BCUT2D eigenvalue weighted by Gasteiger charge is -2.26. The summed E-state index contributed by atoms with van der Waals surface area (Å²) in [5.74, 6) is 1.67. The fraction of sp³-hybridized carbons (Fsp3) is 0.407. The normalized spacial score (nSPS) is 15.1. The number of carbonyl (C=O) groups is 1. The first-order valence-electron chi connectivity index (χ1n) is 12.3. The Bertz CT molecular complexity index is 1160. The lowest BCUT2D eigenvalue weighted by atomic mass is 10.2. The minimum atomic E-state index is -0.130. The summed E-state index contributed by atoms with van der Waals surface area (Å²) in [6.45, 7) is 6.10. The Morgan fingerprint density at radius 3 is 2.64 bits per heavy atom. The van der Waals surface area contributed by atoms with Crippen LogP contribution < -0.4 is 14.8 Å². The summed E-state index contributed by atoms with van der Waals surface area (Å²) < 4.78 is 19.6. The molecule has 1 saturated heterocycles. The van der Waals surface area contributed by atoms with Gasteiger partial charge in [0.2, 0.25) is 5.88 Å². The van der Waals surface area contributed by atoms with Crippen LogP contribution >= 0.6 is 11.6 Å². The molecule has 36 heavy (non-hydrogen) atoms. The Kier molecular flexibility index (Phi) is 8.72. The minimum absolute atomic E-state index is 0.0163. The van der Waals surface area contributed by atoms with Gasteiger partial charge in [-0.1, -0.05) is 30.7 Å². The number of aromatic nitrogens is 2. The summed E-state index contributed by atoms with van der Waals surface area (Å²) in [6, 6.07) is 14.7. The number of methoxy groups -OCH3 is 1. The van der Waals surface area contributed by atoms with E-state index in [1.807, 2.05) is 62.4 Å². The van der Waals surface area contributed by atoms with Crippen molar-refractivity contribution in [1.82, 2.24) is 20.0 Å². The molecule has 2 aromatic carbocycles. The van der Waals surface area contributed by atoms with Crippen molar-refractivity contribution in [1.29, 1.82) is 0 Å². The van der Waals surface area contributed by atoms with Crippen molar-refractivity contribution >= 4 is 17.6 Å². The van der Waals surface area contributed by atoms with Gasteiger partial charge in [0.05, 0.1) is 36.7 Å². The van der Waals surface area contributed by atoms with Crippen molar-refractivity contribution in [3.63, 3.8) is 0 Å². The van der Waals surface area contributed by atoms with Gasteiger partial charge < -0.3 is 24.4 Å². The van der Waals surface area contributed by atoms with Gasteiger partial charge in [-0.2, -0.15) is 5.10 Å². The van der Waals surface area contributed by atoms with Crippen LogP contribution in [0, 0.1) is 6.92 Å². The van der Waals surface area contributed by atoms with Crippen LogP contribution in [0.3, 0.4) is 0 Å². The number of nitrogens with zero attached hydrogens (tertiary/aromatic N) is 3. The predicted molar refractivity (Wildman–Crippen MR) is 139 cm³/mol. The van der Waals surface area contributed by atoms with Crippen LogP contribution in [-0.4, -0.2) is 53.6 Å². The van der Waals surface area contributed by atoms with E-state index in [-0.39, 0.29) is 12.1 Å². The van der Waals surface area contributed by atoms with Gasteiger partial charge in [0.1, 0.15) is 0 Å². The Labute approximate surface area is 217 Å². The number of benzene rings is 2. The summed E-state index contributed by atoms with van der Waals surface area (Å²) >= 11 is 6.13. The van der Waals surface area contributed by atoms with E-state index in [1.165, 1.54) is 0 Å². The average molecular weight is 513 g/mol. The van der Waals surface area contributed by atoms with Gasteiger partial charge in [-0.3, -0.25) is 0 Å². The maximum atomic E-state index is 13.1. The molecule has 1 aliphatic heterocycles. The van der Waals surface area contributed by atoms with Crippen LogP contribution in [0.15, 0.2) is 48.5 Å². The Balaban J connectivity index is 1.74. The number of hydrogen-bond acceptors (Lipinski definition) is 5. The summed E-state index contributed by atoms with van der Waals surface area (Å²) in [6.07, 6.45) is 2.81. The lowest BCUT2D eigenvalue weighted by Crippen LogP contribution is -2.43. The van der Waals surface area contributed by atoms with Crippen LogP contribution in [0.1, 0.15) is 37.4 Å². The molecule has 1 aromatic heterocycles. The third kappa shape index (κ3) is 6.12. The van der Waals surface area contributed by atoms with Crippen LogP contribution in [0.25, 0.3) is 5.69 Å². The van der Waals surface area contributed by atoms with Crippen molar-refractivity contribution in [3.05, 3.63) is 64.8 Å². The number of aryl methyl sites for hydroxylation is 1. The van der Waals surface area contributed by atoms with E-state index < -0.39 is 0 Å². The molecule has 4 rings (SSSR count). The number of amides is 2. The third-order valence-corrected chi connectivity index (χ3v) is 6.35. The fourth-order valence-corrected chi connectivity index (χ4v) is 4.30. The Hall–Kier alpha value is -3.23. The van der Waals surface area contributed by atoms with E-state index in [1.54, 1.807) is 16.7 Å². The second-order valence-electron chi connectivity index (χ2n) is 8.76. The molecule has 192 valence electrons. The first-order valence-corrected chi connectivity index (χ1v) is 12.7. The largest absolute Gasteiger partial charge is 0.493 e. The number of carbonyl (C=O) groups excluding carboxylic acids is 1. The number of hydrogen-bond donors (Lipinski definition) is 1. The van der Waals surface area contributed by atoms with Crippen molar-refractivity contribution < 1.29 is 19.0 Å². The molecule has 0 radical (unpaired) electrons. The van der Waals surface area contributed by atoms with Crippen molar-refractivity contribution in [2.24, 2.45) is 0 Å². The molecule has 0 saturated carbocycles. The molecule has 1 aliphatic rings. The number of ether oxygens (including phenoxy) is 3. The lowest BCUT2D eigenvalue weighted by molar-refractivity contribution is 0.0793. The van der Waals surface area contributed by atoms with Gasteiger partial charge >= 0.3 is 6.03 Å². The molecule has 1 unspecified atom stereocenters. The molecule has 2 heterocycles. The first-order chi connectivity index (χ1) is 17.5. The van der Waals surface area contributed by atoms with Crippen molar-refractivity contribution in [2.45, 2.75) is 45.8 Å². The van der Waals surface area contributed by atoms with E-state index in [2.05, 4.69) is 5.32 Å². The number of urea groups is 1. The van der Waals surface area contributed by atoms with Crippen LogP contribution in [0.2, 0.25) is 5.02 Å². The number of para-hydroxylation sites is 2. The zero-order valence-corrected chi connectivity index (χ0v) is 21.8. The number of rotatable bonds is 10. The molecule has 0 spiro atoms. The van der Waals surface area contributed by atoms with E-state index in [0.29, 0.717) is 42.0 Å². The molecule has 1 N–H and O–H groups in total. The summed E-state index contributed by atoms with van der Waals surface area (Å²) in [5, 5.41) is 8.42. The van der Waals surface area contributed by atoms with Gasteiger partial charge in [0.15, 0.2) is 11.5 Å². The quantitative estimate of drug-likeness (QED) is 0.375. The number of nitrogens with one attached hydrogen (secondary N) is 1. The Morgan fingerprint density at radius 2 is 1.97 bits per heavy atom. The molecular formula is C27H33ClN4O4. The molecule has 0 aliphatic carbocycles. The zero-order chi connectivity index (χ0) is 25.5. The highest BCUT2D eigenvalue weighted by Gasteiger charge is 2.27.